The predicted molar refractivity (Wildman–Crippen MR) is 124 cm³/mol. The number of H-pyrrole nitrogens is 1. The highest BCUT2D eigenvalue weighted by molar-refractivity contribution is 8.93. The smallest absolute Gasteiger partial charge is 0.411 e. The van der Waals surface area contributed by atoms with Crippen molar-refractivity contribution in [2.24, 2.45) is 0 Å². The van der Waals surface area contributed by atoms with E-state index >= 15 is 0 Å². The number of carbonyl (C=O) groups is 1. The molecule has 0 spiro atoms. The Balaban J connectivity index is 0.00000240. The molecule has 1 aromatic heterocycles. The van der Waals surface area contributed by atoms with E-state index in [1.54, 1.807) is 0 Å². The van der Waals surface area contributed by atoms with Gasteiger partial charge in [-0.3, -0.25) is 5.32 Å². The molecule has 5 nitrogen and oxygen atoms in total. The van der Waals surface area contributed by atoms with Gasteiger partial charge in [-0.05, 0) is 35.8 Å². The number of ether oxygens (including phenoxy) is 1. The number of allylic oxidation sites excluding steroid dienone is 2. The summed E-state index contributed by atoms with van der Waals surface area (Å²) in [6, 6.07) is 15.9. The minimum absolute atomic E-state index is 0. The molecule has 4 rings (SSSR count). The lowest BCUT2D eigenvalue weighted by Crippen LogP contribution is -2.22. The molecule has 0 atom stereocenters. The van der Waals surface area contributed by atoms with E-state index < -0.39 is 6.09 Å². The van der Waals surface area contributed by atoms with Crippen molar-refractivity contribution in [2.75, 3.05) is 19.0 Å². The van der Waals surface area contributed by atoms with Crippen molar-refractivity contribution in [3.05, 3.63) is 83.2 Å². The van der Waals surface area contributed by atoms with Gasteiger partial charge in [0.05, 0.1) is 11.2 Å². The Bertz CT molecular complexity index is 1070. The van der Waals surface area contributed by atoms with E-state index in [0.29, 0.717) is 5.70 Å². The lowest BCUT2D eigenvalue weighted by molar-refractivity contribution is 0.143. The maximum atomic E-state index is 12.2. The number of benzene rings is 2. The summed E-state index contributed by atoms with van der Waals surface area (Å²) in [6.07, 6.45) is 6.27. The Morgan fingerprint density at radius 2 is 1.93 bits per heavy atom. The number of para-hydroxylation sites is 1. The average Bonchev–Trinajstić information content (AvgIpc) is 2.92. The standard InChI is InChI=1S/C23H23N3O2.BrH/c1-26(2)21-13-7-12-19-18-11-6-10-17(14-20(18)25-22(19)21)24-23(27)28-15-16-8-4-3-5-9-16;/h3-10,12-14,25H,11,15H2,1-2H3,(H,24,27);1H. The molecule has 1 heterocycles. The van der Waals surface area contributed by atoms with Crippen molar-refractivity contribution in [1.82, 2.24) is 10.3 Å². The maximum absolute atomic E-state index is 12.2. The fourth-order valence-electron chi connectivity index (χ4n) is 3.46. The van der Waals surface area contributed by atoms with Gasteiger partial charge >= 0.3 is 6.09 Å². The van der Waals surface area contributed by atoms with E-state index in [0.717, 1.165) is 28.9 Å². The maximum Gasteiger partial charge on any atom is 0.411 e. The number of amides is 1. The molecule has 0 fully saturated rings. The molecule has 0 saturated carbocycles. The van der Waals surface area contributed by atoms with Crippen molar-refractivity contribution in [3.63, 3.8) is 0 Å². The van der Waals surface area contributed by atoms with Gasteiger partial charge < -0.3 is 14.6 Å². The normalized spacial score (nSPS) is 12.4. The van der Waals surface area contributed by atoms with Gasteiger partial charge in [-0.15, -0.1) is 17.0 Å². The van der Waals surface area contributed by atoms with Crippen molar-refractivity contribution < 1.29 is 9.53 Å². The minimum Gasteiger partial charge on any atom is -0.444 e. The zero-order valence-electron chi connectivity index (χ0n) is 16.4. The Hall–Kier alpha value is -2.99. The van der Waals surface area contributed by atoms with E-state index in [-0.39, 0.29) is 23.6 Å². The summed E-state index contributed by atoms with van der Waals surface area (Å²) < 4.78 is 5.33. The van der Waals surface area contributed by atoms with Crippen LogP contribution in [0.5, 0.6) is 0 Å². The zero-order valence-corrected chi connectivity index (χ0v) is 18.2. The van der Waals surface area contributed by atoms with Crippen LogP contribution in [0.4, 0.5) is 10.5 Å². The number of hydrogen-bond donors (Lipinski definition) is 2. The van der Waals surface area contributed by atoms with Crippen LogP contribution < -0.4 is 10.2 Å². The molecule has 0 bridgehead atoms. The molecule has 6 heteroatoms. The fraction of sp³-hybridized carbons (Fsp3) is 0.174. The largest absolute Gasteiger partial charge is 0.444 e. The Morgan fingerprint density at radius 3 is 2.69 bits per heavy atom. The lowest BCUT2D eigenvalue weighted by atomic mass is 10.1. The van der Waals surface area contributed by atoms with Gasteiger partial charge in [-0.25, -0.2) is 4.79 Å². The molecule has 1 aliphatic rings. The Morgan fingerprint density at radius 1 is 1.14 bits per heavy atom. The van der Waals surface area contributed by atoms with Crippen LogP contribution in [0.15, 0.2) is 66.4 Å². The van der Waals surface area contributed by atoms with Crippen LogP contribution in [-0.2, 0) is 17.8 Å². The molecule has 3 aromatic rings. The third kappa shape index (κ3) is 4.54. The second-order valence-corrected chi connectivity index (χ2v) is 7.00. The Kier molecular flexibility index (Phi) is 6.44. The number of alkyl carbamates (subject to hydrolysis) is 1. The van der Waals surface area contributed by atoms with Crippen molar-refractivity contribution in [2.45, 2.75) is 13.0 Å². The monoisotopic (exact) mass is 453 g/mol. The van der Waals surface area contributed by atoms with Gasteiger partial charge in [0.2, 0.25) is 0 Å². The summed E-state index contributed by atoms with van der Waals surface area (Å²) >= 11 is 0. The molecule has 2 aromatic carbocycles. The number of hydrogen-bond acceptors (Lipinski definition) is 3. The summed E-state index contributed by atoms with van der Waals surface area (Å²) in [5.41, 5.74) is 6.14. The highest BCUT2D eigenvalue weighted by Gasteiger charge is 2.15. The minimum atomic E-state index is -0.465. The quantitative estimate of drug-likeness (QED) is 0.571. The molecular weight excluding hydrogens is 430 g/mol. The fourth-order valence-corrected chi connectivity index (χ4v) is 3.46. The molecule has 2 N–H and O–H groups in total. The van der Waals surface area contributed by atoms with E-state index in [1.165, 1.54) is 10.9 Å². The van der Waals surface area contributed by atoms with Crippen LogP contribution in [0.25, 0.3) is 17.0 Å². The highest BCUT2D eigenvalue weighted by Crippen LogP contribution is 2.32. The second-order valence-electron chi connectivity index (χ2n) is 7.00. The second kappa shape index (κ2) is 9.01. The van der Waals surface area contributed by atoms with Gasteiger partial charge in [-0.1, -0.05) is 48.5 Å². The summed E-state index contributed by atoms with van der Waals surface area (Å²) in [7, 11) is 4.07. The number of rotatable bonds is 4. The molecule has 0 unspecified atom stereocenters. The van der Waals surface area contributed by atoms with Gasteiger partial charge in [0.25, 0.3) is 0 Å². The molecule has 1 amide bonds. The number of fused-ring (bicyclic) bond motifs is 3. The molecule has 0 aliphatic heterocycles. The van der Waals surface area contributed by atoms with Crippen LogP contribution >= 0.6 is 17.0 Å². The van der Waals surface area contributed by atoms with E-state index in [4.69, 9.17) is 4.74 Å². The first kappa shape index (κ1) is 20.7. The first-order valence-electron chi connectivity index (χ1n) is 9.28. The third-order valence-electron chi connectivity index (χ3n) is 4.81. The summed E-state index contributed by atoms with van der Waals surface area (Å²) in [6.45, 7) is 0.244. The van der Waals surface area contributed by atoms with Crippen LogP contribution in [0, 0.1) is 0 Å². The van der Waals surface area contributed by atoms with Crippen LogP contribution in [0.1, 0.15) is 16.8 Å². The van der Waals surface area contributed by atoms with Crippen LogP contribution in [0.3, 0.4) is 0 Å². The van der Waals surface area contributed by atoms with Crippen molar-refractivity contribution in [3.8, 4) is 0 Å². The summed E-state index contributed by atoms with van der Waals surface area (Å²) in [5, 5.41) is 4.04. The zero-order chi connectivity index (χ0) is 19.5. The number of aromatic amines is 1. The van der Waals surface area contributed by atoms with E-state index in [1.807, 2.05) is 56.6 Å². The number of carbonyl (C=O) groups excluding carboxylic acids is 1. The van der Waals surface area contributed by atoms with E-state index in [2.05, 4.69) is 39.5 Å². The first-order chi connectivity index (χ1) is 13.6. The third-order valence-corrected chi connectivity index (χ3v) is 4.81. The SMILES string of the molecule is Br.CN(C)c1cccc2c3c([nH]c12)C=C(NC(=O)OCc1ccccc1)C=CC3. The number of nitrogens with zero attached hydrogens (tertiary/aromatic N) is 1. The summed E-state index contributed by atoms with van der Waals surface area (Å²) in [5.74, 6) is 0. The topological polar surface area (TPSA) is 57.4 Å². The highest BCUT2D eigenvalue weighted by atomic mass is 79.9. The molecule has 1 aliphatic carbocycles. The lowest BCUT2D eigenvalue weighted by Gasteiger charge is -2.13. The number of halogens is 1. The van der Waals surface area contributed by atoms with Gasteiger partial charge in [0.15, 0.2) is 0 Å². The van der Waals surface area contributed by atoms with E-state index in [9.17, 15) is 4.79 Å². The van der Waals surface area contributed by atoms with Crippen molar-refractivity contribution in [1.29, 1.82) is 0 Å². The molecule has 0 radical (unpaired) electrons. The average molecular weight is 454 g/mol. The molecule has 29 heavy (non-hydrogen) atoms. The van der Waals surface area contributed by atoms with Crippen LogP contribution in [-0.4, -0.2) is 25.2 Å². The molecule has 150 valence electrons. The first-order valence-corrected chi connectivity index (χ1v) is 9.28. The van der Waals surface area contributed by atoms with Gasteiger partial charge in [-0.2, -0.15) is 0 Å². The number of nitrogens with one attached hydrogen (secondary N) is 2. The molecule has 0 saturated heterocycles. The van der Waals surface area contributed by atoms with Gasteiger partial charge in [0, 0.05) is 30.9 Å². The van der Waals surface area contributed by atoms with Crippen molar-refractivity contribution >= 4 is 45.7 Å². The number of aromatic nitrogens is 1. The number of anilines is 1. The van der Waals surface area contributed by atoms with Crippen LogP contribution in [0.2, 0.25) is 0 Å². The van der Waals surface area contributed by atoms with Gasteiger partial charge in [0.1, 0.15) is 6.61 Å². The molecular formula is C23H24BrN3O2. The summed E-state index contributed by atoms with van der Waals surface area (Å²) in [4.78, 5) is 17.8. The Labute approximate surface area is 180 Å². The predicted octanol–water partition coefficient (Wildman–Crippen LogP) is 5.19.